The molecule has 13 nitrogen and oxygen atoms in total. The van der Waals surface area contributed by atoms with E-state index in [1.54, 1.807) is 47.1 Å². The van der Waals surface area contributed by atoms with E-state index in [-0.39, 0.29) is 40.0 Å². The molecule has 49 heavy (non-hydrogen) atoms. The van der Waals surface area contributed by atoms with Gasteiger partial charge in [0.05, 0.1) is 35.9 Å². The van der Waals surface area contributed by atoms with Crippen molar-refractivity contribution in [3.8, 4) is 16.9 Å². The maximum atomic E-state index is 15.4. The van der Waals surface area contributed by atoms with Gasteiger partial charge < -0.3 is 19.5 Å². The summed E-state index contributed by atoms with van der Waals surface area (Å²) in [6.45, 7) is 12.4. The number of hydrogen-bond donors (Lipinski definition) is 1. The summed E-state index contributed by atoms with van der Waals surface area (Å²) in [7, 11) is 1.57. The summed E-state index contributed by atoms with van der Waals surface area (Å²) in [4.78, 5) is 57.9. The summed E-state index contributed by atoms with van der Waals surface area (Å²) in [5.41, 5.74) is 0.399. The highest BCUT2D eigenvalue weighted by Gasteiger charge is 2.27. The molecule has 0 unspecified atom stereocenters. The van der Waals surface area contributed by atoms with E-state index < -0.39 is 23.1 Å². The minimum atomic E-state index is -0.764. The van der Waals surface area contributed by atoms with Crippen LogP contribution in [0.3, 0.4) is 0 Å². The summed E-state index contributed by atoms with van der Waals surface area (Å²) in [6, 6.07) is 7.98. The van der Waals surface area contributed by atoms with Crippen LogP contribution in [0.5, 0.6) is 0 Å². The zero-order valence-corrected chi connectivity index (χ0v) is 28.4. The first-order valence-electron chi connectivity index (χ1n) is 15.7. The molecule has 0 aliphatic carbocycles. The monoisotopic (exact) mass is 668 g/mol. The number of carbonyl (C=O) groups excluding carboxylic acids is 2. The van der Waals surface area contributed by atoms with Gasteiger partial charge in [-0.1, -0.05) is 20.8 Å². The number of rotatable bonds is 5. The predicted molar refractivity (Wildman–Crippen MR) is 182 cm³/mol. The lowest BCUT2D eigenvalue weighted by Gasteiger charge is -2.30. The van der Waals surface area contributed by atoms with Crippen molar-refractivity contribution in [3.05, 3.63) is 92.3 Å². The zero-order valence-electron chi connectivity index (χ0n) is 28.4. The number of fused-ring (bicyclic) bond motifs is 2. The van der Waals surface area contributed by atoms with Crippen LogP contribution >= 0.6 is 0 Å². The number of ether oxygens (including phenoxy) is 1. The van der Waals surface area contributed by atoms with Crippen molar-refractivity contribution in [3.63, 3.8) is 0 Å². The van der Waals surface area contributed by atoms with E-state index in [0.29, 0.717) is 47.3 Å². The molecule has 0 radical (unpaired) electrons. The number of nitrogens with zero attached hydrogens (tertiary/aromatic N) is 7. The molecule has 0 atom stereocenters. The Morgan fingerprint density at radius 3 is 2.49 bits per heavy atom. The van der Waals surface area contributed by atoms with E-state index >= 15 is 4.39 Å². The van der Waals surface area contributed by atoms with Crippen LogP contribution in [-0.4, -0.2) is 58.5 Å². The molecule has 1 aliphatic heterocycles. The van der Waals surface area contributed by atoms with E-state index in [9.17, 15) is 19.2 Å². The van der Waals surface area contributed by atoms with Crippen LogP contribution in [0.15, 0.2) is 58.5 Å². The summed E-state index contributed by atoms with van der Waals surface area (Å²) in [5, 5.41) is 12.1. The molecular formula is C35H37FN8O5. The highest BCUT2D eigenvalue weighted by Crippen LogP contribution is 2.30. The Bertz CT molecular complexity index is 2260. The number of benzene rings is 1. The lowest BCUT2D eigenvalue weighted by molar-refractivity contribution is 0.0194. The molecule has 1 aromatic carbocycles. The smallest absolute Gasteiger partial charge is 0.410 e. The second-order valence-corrected chi connectivity index (χ2v) is 14.1. The van der Waals surface area contributed by atoms with Gasteiger partial charge in [-0.15, -0.1) is 0 Å². The van der Waals surface area contributed by atoms with Crippen LogP contribution in [0.2, 0.25) is 0 Å². The van der Waals surface area contributed by atoms with Crippen molar-refractivity contribution in [1.82, 2.24) is 34.0 Å². The predicted octanol–water partition coefficient (Wildman–Crippen LogP) is 5.09. The van der Waals surface area contributed by atoms with Gasteiger partial charge >= 0.3 is 6.09 Å². The number of aromatic nitrogens is 6. The third-order valence-corrected chi connectivity index (χ3v) is 8.20. The Morgan fingerprint density at radius 1 is 1.04 bits per heavy atom. The number of halogens is 1. The summed E-state index contributed by atoms with van der Waals surface area (Å²) < 4.78 is 24.9. The molecule has 14 heteroatoms. The fourth-order valence-electron chi connectivity index (χ4n) is 5.71. The second-order valence-electron chi connectivity index (χ2n) is 14.1. The van der Waals surface area contributed by atoms with Crippen molar-refractivity contribution < 1.29 is 18.7 Å². The maximum Gasteiger partial charge on any atom is 0.410 e. The van der Waals surface area contributed by atoms with Crippen molar-refractivity contribution in [2.75, 3.05) is 11.9 Å². The van der Waals surface area contributed by atoms with E-state index in [0.717, 1.165) is 10.4 Å². The minimum Gasteiger partial charge on any atom is -0.444 e. The summed E-state index contributed by atoms with van der Waals surface area (Å²) in [5.74, 6) is -0.386. The van der Waals surface area contributed by atoms with Crippen molar-refractivity contribution in [1.29, 1.82) is 0 Å². The molecule has 1 N–H and O–H groups in total. The maximum absolute atomic E-state index is 15.4. The van der Waals surface area contributed by atoms with Crippen LogP contribution in [0.4, 0.5) is 20.7 Å². The number of nitrogens with one attached hydrogen (secondary N) is 1. The molecule has 1 aliphatic rings. The second kappa shape index (κ2) is 12.1. The molecule has 6 rings (SSSR count). The number of amides is 1. The average Bonchev–Trinajstić information content (AvgIpc) is 3.43. The molecule has 0 spiro atoms. The summed E-state index contributed by atoms with van der Waals surface area (Å²) in [6.07, 6.45) is 4.48. The molecule has 254 valence electrons. The van der Waals surface area contributed by atoms with Crippen molar-refractivity contribution in [2.24, 2.45) is 7.05 Å². The van der Waals surface area contributed by atoms with E-state index in [1.165, 1.54) is 23.0 Å². The van der Waals surface area contributed by atoms with Crippen molar-refractivity contribution in [2.45, 2.75) is 65.6 Å². The largest absolute Gasteiger partial charge is 0.444 e. The van der Waals surface area contributed by atoms with Gasteiger partial charge in [-0.2, -0.15) is 14.9 Å². The summed E-state index contributed by atoms with van der Waals surface area (Å²) >= 11 is 0. The first-order valence-corrected chi connectivity index (χ1v) is 15.7. The van der Waals surface area contributed by atoms with Gasteiger partial charge in [0.2, 0.25) is 0 Å². The first kappa shape index (κ1) is 33.2. The van der Waals surface area contributed by atoms with E-state index in [1.807, 2.05) is 41.5 Å². The molecule has 5 heterocycles. The number of pyridine rings is 2. The minimum absolute atomic E-state index is 0.0208. The standard InChI is InChI=1S/C35H37FN8O5/c1-34(2,3)22-12-20-16-38-44(32(47)29(20)26(36)14-22)30-25(19-45)24(8-9-37-30)21-13-27(31(46)41(7)17-21)39-28-15-23-18-42(10-11-43(23)40-28)33(48)49-35(4,5)6/h8-9,12-17,19H,10-11,18H2,1-7H3,(H,39,40). The zero-order chi connectivity index (χ0) is 35.4. The van der Waals surface area contributed by atoms with Gasteiger partial charge in [0, 0.05) is 43.0 Å². The molecule has 4 aromatic heterocycles. The van der Waals surface area contributed by atoms with Gasteiger partial charge in [-0.25, -0.2) is 14.2 Å². The SMILES string of the molecule is Cn1cc(-c2ccnc(-n3ncc4cc(C(C)(C)C)cc(F)c4c3=O)c2C=O)cc(Nc2cc3n(n2)CCN(C(=O)OC(C)(C)C)C3)c1=O. The number of aldehydes is 1. The fraction of sp³-hybridized carbons (Fsp3) is 0.343. The lowest BCUT2D eigenvalue weighted by Crippen LogP contribution is -2.41. The van der Waals surface area contributed by atoms with Gasteiger partial charge in [0.25, 0.3) is 11.1 Å². The highest BCUT2D eigenvalue weighted by molar-refractivity contribution is 5.92. The number of anilines is 2. The quantitative estimate of drug-likeness (QED) is 0.253. The molecule has 0 saturated heterocycles. The highest BCUT2D eigenvalue weighted by atomic mass is 19.1. The van der Waals surface area contributed by atoms with Crippen LogP contribution in [0.1, 0.15) is 63.2 Å². The lowest BCUT2D eigenvalue weighted by atomic mass is 9.86. The van der Waals surface area contributed by atoms with Gasteiger partial charge in [0.1, 0.15) is 17.1 Å². The van der Waals surface area contributed by atoms with Crippen molar-refractivity contribution >= 4 is 34.7 Å². The van der Waals surface area contributed by atoms with Crippen LogP contribution in [-0.2, 0) is 30.3 Å². The normalized spacial score (nSPS) is 13.3. The van der Waals surface area contributed by atoms with Gasteiger partial charge in [-0.05, 0) is 61.6 Å². The Hall–Kier alpha value is -5.66. The number of aryl methyl sites for hydroxylation is 1. The number of carbonyl (C=O) groups is 2. The Balaban J connectivity index is 1.35. The van der Waals surface area contributed by atoms with Crippen LogP contribution in [0.25, 0.3) is 27.7 Å². The van der Waals surface area contributed by atoms with Gasteiger partial charge in [-0.3, -0.25) is 19.1 Å². The van der Waals surface area contributed by atoms with E-state index in [4.69, 9.17) is 4.74 Å². The average molecular weight is 669 g/mol. The molecule has 5 aromatic rings. The topological polar surface area (TPSA) is 146 Å². The fourth-order valence-corrected chi connectivity index (χ4v) is 5.71. The molecule has 0 bridgehead atoms. The van der Waals surface area contributed by atoms with Crippen LogP contribution < -0.4 is 16.4 Å². The van der Waals surface area contributed by atoms with E-state index in [2.05, 4.69) is 20.5 Å². The number of hydrogen-bond acceptors (Lipinski definition) is 9. The first-order chi connectivity index (χ1) is 23.0. The molecule has 0 fully saturated rings. The Labute approximate surface area is 280 Å². The van der Waals surface area contributed by atoms with Crippen LogP contribution in [0, 0.1) is 5.82 Å². The molecule has 1 amide bonds. The Kier molecular flexibility index (Phi) is 8.21. The molecule has 0 saturated carbocycles. The third-order valence-electron chi connectivity index (χ3n) is 8.20. The third kappa shape index (κ3) is 6.45. The van der Waals surface area contributed by atoms with Gasteiger partial charge in [0.15, 0.2) is 17.9 Å². The molecular weight excluding hydrogens is 631 g/mol. The Morgan fingerprint density at radius 2 is 1.80 bits per heavy atom.